The molecule has 1 aliphatic heterocycles. The van der Waals surface area contributed by atoms with Crippen LogP contribution in [-0.4, -0.2) is 58.7 Å². The standard InChI is InChI=1S/C22H31N7O.HI/c1-23-22(24-12-7-11-21-27-26-20-10-3-6-15-29(20)21)25-17-18(19-9-8-16-30-19)28-13-4-2-5-14-28;/h3,6,8-10,15-16,18H,2,4-5,7,11-14,17H2,1H3,(H2,23,24,25);1H. The number of nitrogens with one attached hydrogen (secondary N) is 2. The maximum Gasteiger partial charge on any atom is 0.191 e. The van der Waals surface area contributed by atoms with Gasteiger partial charge in [0.1, 0.15) is 11.6 Å². The third-order valence-electron chi connectivity index (χ3n) is 5.64. The minimum atomic E-state index is 0. The number of nitrogens with zero attached hydrogens (tertiary/aromatic N) is 5. The fourth-order valence-corrected chi connectivity index (χ4v) is 4.05. The number of piperidine rings is 1. The summed E-state index contributed by atoms with van der Waals surface area (Å²) in [5.74, 6) is 2.81. The molecule has 3 aromatic heterocycles. The number of aryl methyl sites for hydroxylation is 1. The van der Waals surface area contributed by atoms with Crippen LogP contribution in [0.5, 0.6) is 0 Å². The van der Waals surface area contributed by atoms with Crippen molar-refractivity contribution >= 4 is 35.6 Å². The second-order valence-corrected chi connectivity index (χ2v) is 7.66. The number of halogens is 1. The van der Waals surface area contributed by atoms with Crippen LogP contribution in [0, 0.1) is 0 Å². The van der Waals surface area contributed by atoms with Crippen LogP contribution >= 0.6 is 24.0 Å². The number of aromatic nitrogens is 3. The summed E-state index contributed by atoms with van der Waals surface area (Å²) in [4.78, 5) is 6.90. The van der Waals surface area contributed by atoms with Crippen LogP contribution in [-0.2, 0) is 6.42 Å². The van der Waals surface area contributed by atoms with E-state index in [0.29, 0.717) is 0 Å². The lowest BCUT2D eigenvalue weighted by Gasteiger charge is -2.33. The molecule has 31 heavy (non-hydrogen) atoms. The minimum Gasteiger partial charge on any atom is -0.468 e. The number of likely N-dealkylation sites (tertiary alicyclic amines) is 1. The first-order chi connectivity index (χ1) is 14.8. The Labute approximate surface area is 200 Å². The van der Waals surface area contributed by atoms with Gasteiger partial charge >= 0.3 is 0 Å². The Morgan fingerprint density at radius 3 is 2.77 bits per heavy atom. The number of hydrogen-bond donors (Lipinski definition) is 2. The van der Waals surface area contributed by atoms with Crippen LogP contribution in [0.4, 0.5) is 0 Å². The normalized spacial score (nSPS) is 16.1. The molecule has 0 radical (unpaired) electrons. The van der Waals surface area contributed by atoms with Crippen LogP contribution in [0.2, 0.25) is 0 Å². The van der Waals surface area contributed by atoms with Gasteiger partial charge in [-0.1, -0.05) is 12.5 Å². The van der Waals surface area contributed by atoms with Gasteiger partial charge in [-0.05, 0) is 56.6 Å². The van der Waals surface area contributed by atoms with Gasteiger partial charge in [-0.2, -0.15) is 0 Å². The van der Waals surface area contributed by atoms with Crippen LogP contribution in [0.3, 0.4) is 0 Å². The Morgan fingerprint density at radius 1 is 1.13 bits per heavy atom. The van der Waals surface area contributed by atoms with Gasteiger partial charge < -0.3 is 15.1 Å². The Bertz CT molecular complexity index is 934. The molecule has 4 heterocycles. The smallest absolute Gasteiger partial charge is 0.191 e. The monoisotopic (exact) mass is 537 g/mol. The summed E-state index contributed by atoms with van der Waals surface area (Å²) < 4.78 is 7.77. The van der Waals surface area contributed by atoms with E-state index in [1.54, 1.807) is 6.26 Å². The molecule has 1 aliphatic rings. The van der Waals surface area contributed by atoms with Crippen molar-refractivity contribution in [2.45, 2.75) is 38.1 Å². The molecule has 1 fully saturated rings. The fraction of sp³-hybridized carbons (Fsp3) is 0.500. The van der Waals surface area contributed by atoms with E-state index in [1.165, 1.54) is 19.3 Å². The molecule has 168 valence electrons. The number of hydrogen-bond acceptors (Lipinski definition) is 5. The zero-order valence-corrected chi connectivity index (χ0v) is 20.4. The van der Waals surface area contributed by atoms with Gasteiger partial charge in [0.05, 0.1) is 12.3 Å². The van der Waals surface area contributed by atoms with Crippen LogP contribution in [0.25, 0.3) is 5.65 Å². The van der Waals surface area contributed by atoms with Gasteiger partial charge in [-0.3, -0.25) is 14.3 Å². The van der Waals surface area contributed by atoms with Gasteiger partial charge in [-0.15, -0.1) is 34.2 Å². The Kier molecular flexibility index (Phi) is 9.13. The molecule has 1 unspecified atom stereocenters. The number of fused-ring (bicyclic) bond motifs is 1. The number of guanidine groups is 1. The lowest BCUT2D eigenvalue weighted by atomic mass is 10.1. The largest absolute Gasteiger partial charge is 0.468 e. The van der Waals surface area contributed by atoms with Crippen molar-refractivity contribution in [3.05, 3.63) is 54.4 Å². The van der Waals surface area contributed by atoms with Gasteiger partial charge in [0, 0.05) is 32.8 Å². The highest BCUT2D eigenvalue weighted by molar-refractivity contribution is 14.0. The van der Waals surface area contributed by atoms with Crippen LogP contribution < -0.4 is 10.6 Å². The van der Waals surface area contributed by atoms with E-state index in [-0.39, 0.29) is 30.0 Å². The number of rotatable bonds is 8. The second kappa shape index (κ2) is 12.0. The van der Waals surface area contributed by atoms with Gasteiger partial charge in [-0.25, -0.2) is 0 Å². The molecule has 3 aromatic rings. The molecule has 4 rings (SSSR count). The molecule has 0 amide bonds. The van der Waals surface area contributed by atoms with Gasteiger partial charge in [0.25, 0.3) is 0 Å². The lowest BCUT2D eigenvalue weighted by molar-refractivity contribution is 0.146. The third-order valence-corrected chi connectivity index (χ3v) is 5.64. The summed E-state index contributed by atoms with van der Waals surface area (Å²) in [7, 11) is 1.81. The average Bonchev–Trinajstić information content (AvgIpc) is 3.47. The molecular formula is C22H32IN7O. The van der Waals surface area contributed by atoms with Crippen LogP contribution in [0.1, 0.15) is 43.3 Å². The fourth-order valence-electron chi connectivity index (χ4n) is 4.05. The van der Waals surface area contributed by atoms with E-state index in [0.717, 1.165) is 62.2 Å². The molecule has 0 bridgehead atoms. The Balaban J connectivity index is 0.00000272. The number of aliphatic imine (C=N–C) groups is 1. The molecule has 0 aliphatic carbocycles. The number of pyridine rings is 1. The van der Waals surface area contributed by atoms with Crippen molar-refractivity contribution in [3.8, 4) is 0 Å². The van der Waals surface area contributed by atoms with Crippen molar-refractivity contribution in [3.63, 3.8) is 0 Å². The van der Waals surface area contributed by atoms with Crippen molar-refractivity contribution < 1.29 is 4.42 Å². The first-order valence-corrected chi connectivity index (χ1v) is 10.9. The van der Waals surface area contributed by atoms with E-state index >= 15 is 0 Å². The van der Waals surface area contributed by atoms with Gasteiger partial charge in [0.2, 0.25) is 0 Å². The second-order valence-electron chi connectivity index (χ2n) is 7.66. The number of furan rings is 1. The van der Waals surface area contributed by atoms with Crippen molar-refractivity contribution in [1.29, 1.82) is 0 Å². The van der Waals surface area contributed by atoms with Crippen LogP contribution in [0.15, 0.2) is 52.2 Å². The molecule has 2 N–H and O–H groups in total. The SMILES string of the molecule is CN=C(NCCCc1nnc2ccccn12)NCC(c1ccco1)N1CCCCC1.I. The summed E-state index contributed by atoms with van der Waals surface area (Å²) in [6.07, 6.45) is 9.39. The molecule has 9 heteroatoms. The molecular weight excluding hydrogens is 505 g/mol. The minimum absolute atomic E-state index is 0. The van der Waals surface area contributed by atoms with E-state index in [9.17, 15) is 0 Å². The summed E-state index contributed by atoms with van der Waals surface area (Å²) in [6, 6.07) is 10.2. The van der Waals surface area contributed by atoms with Gasteiger partial charge in [0.15, 0.2) is 11.6 Å². The molecule has 1 atom stereocenters. The van der Waals surface area contributed by atoms with E-state index in [4.69, 9.17) is 4.42 Å². The third kappa shape index (κ3) is 6.19. The quantitative estimate of drug-likeness (QED) is 0.199. The molecule has 0 spiro atoms. The highest BCUT2D eigenvalue weighted by atomic mass is 127. The molecule has 1 saturated heterocycles. The predicted molar refractivity (Wildman–Crippen MR) is 133 cm³/mol. The Hall–Kier alpha value is -2.14. The van der Waals surface area contributed by atoms with Crippen molar-refractivity contribution in [2.75, 3.05) is 33.2 Å². The van der Waals surface area contributed by atoms with E-state index in [2.05, 4.69) is 36.8 Å². The zero-order chi connectivity index (χ0) is 20.6. The van der Waals surface area contributed by atoms with Crippen molar-refractivity contribution in [2.24, 2.45) is 4.99 Å². The lowest BCUT2D eigenvalue weighted by Crippen LogP contribution is -2.44. The Morgan fingerprint density at radius 2 is 2.00 bits per heavy atom. The highest BCUT2D eigenvalue weighted by Gasteiger charge is 2.24. The summed E-state index contributed by atoms with van der Waals surface area (Å²) in [5, 5.41) is 15.4. The first-order valence-electron chi connectivity index (χ1n) is 10.9. The average molecular weight is 537 g/mol. The topological polar surface area (TPSA) is 83.0 Å². The zero-order valence-electron chi connectivity index (χ0n) is 18.0. The summed E-state index contributed by atoms with van der Waals surface area (Å²) in [5.41, 5.74) is 0.889. The molecule has 8 nitrogen and oxygen atoms in total. The van der Waals surface area contributed by atoms with E-state index in [1.807, 2.05) is 41.9 Å². The molecule has 0 saturated carbocycles. The first kappa shape index (κ1) is 23.5. The predicted octanol–water partition coefficient (Wildman–Crippen LogP) is 3.27. The summed E-state index contributed by atoms with van der Waals surface area (Å²) >= 11 is 0. The maximum absolute atomic E-state index is 5.73. The highest BCUT2D eigenvalue weighted by Crippen LogP contribution is 2.24. The maximum atomic E-state index is 5.73. The molecule has 0 aromatic carbocycles. The summed E-state index contributed by atoms with van der Waals surface area (Å²) in [6.45, 7) is 3.81. The van der Waals surface area contributed by atoms with E-state index < -0.39 is 0 Å². The van der Waals surface area contributed by atoms with Crippen molar-refractivity contribution in [1.82, 2.24) is 30.1 Å².